The molecule has 0 radical (unpaired) electrons. The third kappa shape index (κ3) is 4.82. The van der Waals surface area contributed by atoms with Gasteiger partial charge in [0.15, 0.2) is 5.82 Å². The predicted octanol–water partition coefficient (Wildman–Crippen LogP) is 2.05. The highest BCUT2D eigenvalue weighted by Gasteiger charge is 2.21. The van der Waals surface area contributed by atoms with Crippen molar-refractivity contribution in [2.75, 3.05) is 17.2 Å². The molecule has 0 atom stereocenters. The van der Waals surface area contributed by atoms with Gasteiger partial charge in [0, 0.05) is 32.1 Å². The summed E-state index contributed by atoms with van der Waals surface area (Å²) in [7, 11) is 0. The molecule has 1 aliphatic heterocycles. The second-order valence-corrected chi connectivity index (χ2v) is 6.80. The number of nitrogens with one attached hydrogen (secondary N) is 1. The van der Waals surface area contributed by atoms with E-state index in [4.69, 9.17) is 4.52 Å². The van der Waals surface area contributed by atoms with Crippen LogP contribution in [-0.2, 0) is 21.9 Å². The van der Waals surface area contributed by atoms with Crippen molar-refractivity contribution in [2.24, 2.45) is 0 Å². The lowest BCUT2D eigenvalue weighted by Gasteiger charge is -2.16. The van der Waals surface area contributed by atoms with Gasteiger partial charge in [0.25, 0.3) is 0 Å². The zero-order chi connectivity index (χ0) is 17.6. The van der Waals surface area contributed by atoms with Gasteiger partial charge < -0.3 is 14.7 Å². The van der Waals surface area contributed by atoms with Crippen molar-refractivity contribution in [1.29, 1.82) is 0 Å². The number of anilines is 1. The van der Waals surface area contributed by atoms with Crippen molar-refractivity contribution in [3.05, 3.63) is 41.5 Å². The van der Waals surface area contributed by atoms with Crippen molar-refractivity contribution < 1.29 is 14.1 Å². The first-order chi connectivity index (χ1) is 12.1. The van der Waals surface area contributed by atoms with E-state index in [2.05, 4.69) is 15.5 Å². The van der Waals surface area contributed by atoms with Crippen molar-refractivity contribution >= 4 is 29.3 Å². The van der Waals surface area contributed by atoms with Gasteiger partial charge in [-0.15, -0.1) is 11.8 Å². The fourth-order valence-corrected chi connectivity index (χ4v) is 3.29. The molecule has 0 bridgehead atoms. The Morgan fingerprint density at radius 2 is 2.16 bits per heavy atom. The number of hydrogen-bond acceptors (Lipinski definition) is 6. The van der Waals surface area contributed by atoms with Crippen LogP contribution in [0.3, 0.4) is 0 Å². The molecule has 1 aromatic heterocycles. The van der Waals surface area contributed by atoms with Crippen LogP contribution < -0.4 is 10.2 Å². The summed E-state index contributed by atoms with van der Waals surface area (Å²) in [5, 5.41) is 6.67. The van der Waals surface area contributed by atoms with Crippen LogP contribution in [0, 0.1) is 6.92 Å². The number of rotatable bonds is 7. The number of nitrogens with zero attached hydrogens (tertiary/aromatic N) is 3. The van der Waals surface area contributed by atoms with Gasteiger partial charge in [-0.25, -0.2) is 0 Å². The molecular formula is C17H20N4O3S. The fourth-order valence-electron chi connectivity index (χ4n) is 2.60. The van der Waals surface area contributed by atoms with E-state index in [1.165, 1.54) is 11.8 Å². The number of aryl methyl sites for hydroxylation is 1. The van der Waals surface area contributed by atoms with Crippen LogP contribution in [0.5, 0.6) is 0 Å². The highest BCUT2D eigenvalue weighted by molar-refractivity contribution is 7.99. The maximum Gasteiger partial charge on any atom is 0.230 e. The molecule has 2 amide bonds. The molecule has 1 fully saturated rings. The Hall–Kier alpha value is -2.35. The van der Waals surface area contributed by atoms with Crippen LogP contribution in [0.2, 0.25) is 0 Å². The van der Waals surface area contributed by atoms with Gasteiger partial charge in [0.1, 0.15) is 0 Å². The molecule has 0 aliphatic carbocycles. The molecule has 132 valence electrons. The summed E-state index contributed by atoms with van der Waals surface area (Å²) in [6, 6.07) is 7.74. The molecular weight excluding hydrogens is 340 g/mol. The quantitative estimate of drug-likeness (QED) is 0.813. The molecule has 1 saturated heterocycles. The first-order valence-corrected chi connectivity index (χ1v) is 9.30. The minimum Gasteiger partial charge on any atom is -0.351 e. The molecule has 3 rings (SSSR count). The zero-order valence-electron chi connectivity index (χ0n) is 14.0. The van der Waals surface area contributed by atoms with Crippen LogP contribution in [0.15, 0.2) is 28.8 Å². The van der Waals surface area contributed by atoms with Gasteiger partial charge in [0.05, 0.1) is 11.5 Å². The largest absolute Gasteiger partial charge is 0.351 e. The molecule has 1 aliphatic rings. The van der Waals surface area contributed by atoms with E-state index in [9.17, 15) is 9.59 Å². The highest BCUT2D eigenvalue weighted by Crippen LogP contribution is 2.21. The fraction of sp³-hybridized carbons (Fsp3) is 0.412. The van der Waals surface area contributed by atoms with Crippen molar-refractivity contribution in [2.45, 2.75) is 32.1 Å². The Bertz CT molecular complexity index is 745. The Morgan fingerprint density at radius 1 is 1.36 bits per heavy atom. The normalized spacial score (nSPS) is 14.1. The number of carbonyl (C=O) groups excluding carboxylic acids is 2. The standard InChI is InChI=1S/C17H20N4O3S/c1-12-19-15(20-24-12)10-25-11-16(22)18-9-13-4-6-14(7-5-13)21-8-2-3-17(21)23/h4-7H,2-3,8-11H2,1H3,(H,18,22). The molecule has 0 unspecified atom stereocenters. The molecule has 1 N–H and O–H groups in total. The Morgan fingerprint density at radius 3 is 2.80 bits per heavy atom. The lowest BCUT2D eigenvalue weighted by atomic mass is 10.2. The van der Waals surface area contributed by atoms with Gasteiger partial charge >= 0.3 is 0 Å². The summed E-state index contributed by atoms with van der Waals surface area (Å²) >= 11 is 1.44. The Kier molecular flexibility index (Phi) is 5.70. The molecule has 0 spiro atoms. The smallest absolute Gasteiger partial charge is 0.230 e. The van der Waals surface area contributed by atoms with E-state index < -0.39 is 0 Å². The molecule has 2 aromatic rings. The molecule has 25 heavy (non-hydrogen) atoms. The van der Waals surface area contributed by atoms with Crippen LogP contribution in [0.1, 0.15) is 30.1 Å². The average Bonchev–Trinajstić information content (AvgIpc) is 3.22. The summed E-state index contributed by atoms with van der Waals surface area (Å²) in [4.78, 5) is 29.5. The average molecular weight is 360 g/mol. The van der Waals surface area contributed by atoms with E-state index >= 15 is 0 Å². The minimum absolute atomic E-state index is 0.0379. The first-order valence-electron chi connectivity index (χ1n) is 8.15. The Labute approximate surface area is 150 Å². The number of aromatic nitrogens is 2. The number of carbonyl (C=O) groups is 2. The molecule has 7 nitrogen and oxygen atoms in total. The second-order valence-electron chi connectivity index (χ2n) is 5.81. The summed E-state index contributed by atoms with van der Waals surface area (Å²) < 4.78 is 4.88. The van der Waals surface area contributed by atoms with Crippen LogP contribution in [0.4, 0.5) is 5.69 Å². The van der Waals surface area contributed by atoms with Crippen LogP contribution in [-0.4, -0.2) is 34.3 Å². The number of benzene rings is 1. The van der Waals surface area contributed by atoms with Crippen molar-refractivity contribution in [3.8, 4) is 0 Å². The van der Waals surface area contributed by atoms with Gasteiger partial charge in [-0.2, -0.15) is 4.98 Å². The topological polar surface area (TPSA) is 88.3 Å². The van der Waals surface area contributed by atoms with E-state index in [0.717, 1.165) is 24.2 Å². The first kappa shape index (κ1) is 17.5. The summed E-state index contributed by atoms with van der Waals surface area (Å²) in [5.41, 5.74) is 1.92. The van der Waals surface area contributed by atoms with Gasteiger partial charge in [-0.1, -0.05) is 17.3 Å². The molecule has 1 aromatic carbocycles. The van der Waals surface area contributed by atoms with E-state index in [-0.39, 0.29) is 11.8 Å². The number of thioether (sulfide) groups is 1. The van der Waals surface area contributed by atoms with Crippen LogP contribution >= 0.6 is 11.8 Å². The van der Waals surface area contributed by atoms with E-state index in [1.807, 2.05) is 24.3 Å². The third-order valence-corrected chi connectivity index (χ3v) is 4.77. The summed E-state index contributed by atoms with van der Waals surface area (Å²) in [5.74, 6) is 2.15. The summed E-state index contributed by atoms with van der Waals surface area (Å²) in [6.07, 6.45) is 1.54. The lowest BCUT2D eigenvalue weighted by molar-refractivity contribution is -0.119. The highest BCUT2D eigenvalue weighted by atomic mass is 32.2. The SMILES string of the molecule is Cc1nc(CSCC(=O)NCc2ccc(N3CCCC3=O)cc2)no1. The maximum absolute atomic E-state index is 11.9. The van der Waals surface area contributed by atoms with Crippen LogP contribution in [0.25, 0.3) is 0 Å². The Balaban J connectivity index is 1.40. The lowest BCUT2D eigenvalue weighted by Crippen LogP contribution is -2.25. The number of amides is 2. The molecule has 2 heterocycles. The van der Waals surface area contributed by atoms with Gasteiger partial charge in [-0.3, -0.25) is 9.59 Å². The van der Waals surface area contributed by atoms with Crippen molar-refractivity contribution in [3.63, 3.8) is 0 Å². The number of hydrogen-bond donors (Lipinski definition) is 1. The maximum atomic E-state index is 11.9. The van der Waals surface area contributed by atoms with Gasteiger partial charge in [-0.05, 0) is 24.1 Å². The van der Waals surface area contributed by atoms with Gasteiger partial charge in [0.2, 0.25) is 17.7 Å². The molecule has 0 saturated carbocycles. The minimum atomic E-state index is -0.0379. The van der Waals surface area contributed by atoms with Crippen molar-refractivity contribution in [1.82, 2.24) is 15.5 Å². The summed E-state index contributed by atoms with van der Waals surface area (Å²) in [6.45, 7) is 2.99. The predicted molar refractivity (Wildman–Crippen MR) is 95.1 cm³/mol. The molecule has 8 heteroatoms. The van der Waals surface area contributed by atoms with E-state index in [0.29, 0.717) is 36.2 Å². The monoisotopic (exact) mass is 360 g/mol. The van der Waals surface area contributed by atoms with E-state index in [1.54, 1.807) is 11.8 Å². The third-order valence-electron chi connectivity index (χ3n) is 3.85. The second kappa shape index (κ2) is 8.15. The zero-order valence-corrected chi connectivity index (χ0v) is 14.8.